The van der Waals surface area contributed by atoms with Crippen LogP contribution >= 0.6 is 0 Å². The van der Waals surface area contributed by atoms with Crippen LogP contribution in [0, 0.1) is 5.41 Å². The zero-order chi connectivity index (χ0) is 18.6. The van der Waals surface area contributed by atoms with Gasteiger partial charge in [-0.1, -0.05) is 33.6 Å². The fraction of sp³-hybridized carbons (Fsp3) is 0.850. The first-order chi connectivity index (χ1) is 12.5. The monoisotopic (exact) mass is 360 g/mol. The maximum atomic E-state index is 4.97. The van der Waals surface area contributed by atoms with Gasteiger partial charge in [-0.2, -0.15) is 5.10 Å². The largest absolute Gasteiger partial charge is 0.357 e. The summed E-state index contributed by atoms with van der Waals surface area (Å²) in [6, 6.07) is 0.364. The van der Waals surface area contributed by atoms with Gasteiger partial charge in [0.1, 0.15) is 5.82 Å². The first kappa shape index (κ1) is 19.2. The third-order valence-electron chi connectivity index (χ3n) is 6.06. The van der Waals surface area contributed by atoms with Crippen molar-refractivity contribution in [3.8, 4) is 0 Å². The molecule has 0 saturated heterocycles. The maximum absolute atomic E-state index is 4.97. The fourth-order valence-electron chi connectivity index (χ4n) is 4.20. The molecule has 1 unspecified atom stereocenters. The molecule has 3 rings (SSSR count). The Morgan fingerprint density at radius 3 is 2.73 bits per heavy atom. The van der Waals surface area contributed by atoms with Crippen LogP contribution in [0.5, 0.6) is 0 Å². The molecule has 0 bridgehead atoms. The summed E-state index contributed by atoms with van der Waals surface area (Å²) >= 11 is 0. The zero-order valence-corrected chi connectivity index (χ0v) is 17.0. The highest BCUT2D eigenvalue weighted by atomic mass is 15.4. The smallest absolute Gasteiger partial charge is 0.191 e. The van der Waals surface area contributed by atoms with Crippen LogP contribution in [0.2, 0.25) is 0 Å². The summed E-state index contributed by atoms with van der Waals surface area (Å²) in [5.41, 5.74) is 0.431. The van der Waals surface area contributed by atoms with Crippen LogP contribution < -0.4 is 10.6 Å². The van der Waals surface area contributed by atoms with Gasteiger partial charge >= 0.3 is 0 Å². The van der Waals surface area contributed by atoms with E-state index < -0.39 is 0 Å². The van der Waals surface area contributed by atoms with Gasteiger partial charge in [0.15, 0.2) is 11.8 Å². The predicted molar refractivity (Wildman–Crippen MR) is 107 cm³/mol. The minimum Gasteiger partial charge on any atom is -0.357 e. The number of hydrogen-bond donors (Lipinski definition) is 2. The topological polar surface area (TPSA) is 67.1 Å². The van der Waals surface area contributed by atoms with Crippen molar-refractivity contribution in [3.05, 3.63) is 11.6 Å². The van der Waals surface area contributed by atoms with E-state index in [1.807, 2.05) is 0 Å². The lowest BCUT2D eigenvalue weighted by Crippen LogP contribution is -2.47. The number of hydrogen-bond acceptors (Lipinski definition) is 3. The van der Waals surface area contributed by atoms with Gasteiger partial charge in [0, 0.05) is 31.5 Å². The van der Waals surface area contributed by atoms with Gasteiger partial charge in [-0.25, -0.2) is 9.67 Å². The van der Waals surface area contributed by atoms with Crippen molar-refractivity contribution >= 4 is 5.96 Å². The van der Waals surface area contributed by atoms with Crippen molar-refractivity contribution < 1.29 is 0 Å². The number of guanidine groups is 1. The Hall–Kier alpha value is -1.59. The molecule has 1 saturated carbocycles. The van der Waals surface area contributed by atoms with Gasteiger partial charge in [-0.15, -0.1) is 0 Å². The van der Waals surface area contributed by atoms with E-state index in [-0.39, 0.29) is 0 Å². The molecule has 1 aliphatic heterocycles. The molecule has 6 nitrogen and oxygen atoms in total. The summed E-state index contributed by atoms with van der Waals surface area (Å²) in [4.78, 5) is 9.66. The van der Waals surface area contributed by atoms with Gasteiger partial charge in [-0.05, 0) is 38.0 Å². The van der Waals surface area contributed by atoms with Gasteiger partial charge < -0.3 is 10.6 Å². The molecule has 6 heteroatoms. The lowest BCUT2D eigenvalue weighted by atomic mass is 9.84. The minimum absolute atomic E-state index is 0.364. The number of nitrogens with zero attached hydrogens (tertiary/aromatic N) is 4. The van der Waals surface area contributed by atoms with Crippen molar-refractivity contribution in [1.29, 1.82) is 0 Å². The molecule has 26 heavy (non-hydrogen) atoms. The molecular formula is C20H36N6. The summed E-state index contributed by atoms with van der Waals surface area (Å²) in [6.45, 7) is 11.5. The van der Waals surface area contributed by atoms with E-state index in [0.29, 0.717) is 17.4 Å². The van der Waals surface area contributed by atoms with Gasteiger partial charge in [-0.3, -0.25) is 4.99 Å². The van der Waals surface area contributed by atoms with E-state index in [0.717, 1.165) is 50.1 Å². The molecule has 1 atom stereocenters. The van der Waals surface area contributed by atoms with Crippen LogP contribution in [0.4, 0.5) is 0 Å². The Bertz CT molecular complexity index is 612. The normalized spacial score (nSPS) is 22.5. The highest BCUT2D eigenvalue weighted by Crippen LogP contribution is 2.41. The van der Waals surface area contributed by atoms with Crippen molar-refractivity contribution in [1.82, 2.24) is 25.4 Å². The second kappa shape index (κ2) is 8.40. The number of aromatic nitrogens is 3. The number of rotatable bonds is 6. The third-order valence-corrected chi connectivity index (χ3v) is 6.06. The first-order valence-corrected chi connectivity index (χ1v) is 10.5. The quantitative estimate of drug-likeness (QED) is 0.604. The Kier molecular flexibility index (Phi) is 6.20. The second-order valence-electron chi connectivity index (χ2n) is 8.36. The second-order valence-corrected chi connectivity index (χ2v) is 8.36. The van der Waals surface area contributed by atoms with Crippen molar-refractivity contribution in [2.24, 2.45) is 10.4 Å². The molecule has 2 N–H and O–H groups in total. The SMILES string of the molecule is CCNC(=NCC1(CC)CCCC1)NC1CCc2nc(C(C)C)nn2C1. The first-order valence-electron chi connectivity index (χ1n) is 10.5. The number of fused-ring (bicyclic) bond motifs is 1. The molecule has 2 heterocycles. The Morgan fingerprint density at radius 1 is 1.31 bits per heavy atom. The molecule has 0 radical (unpaired) electrons. The highest BCUT2D eigenvalue weighted by Gasteiger charge is 2.32. The van der Waals surface area contributed by atoms with Crippen molar-refractivity contribution in [3.63, 3.8) is 0 Å². The number of aliphatic imine (C=N–C) groups is 1. The molecule has 146 valence electrons. The summed E-state index contributed by atoms with van der Waals surface area (Å²) in [7, 11) is 0. The van der Waals surface area contributed by atoms with Crippen LogP contribution in [0.15, 0.2) is 4.99 Å². The van der Waals surface area contributed by atoms with Gasteiger partial charge in [0.25, 0.3) is 0 Å². The molecule has 0 amide bonds. The van der Waals surface area contributed by atoms with Gasteiger partial charge in [0.2, 0.25) is 0 Å². The molecular weight excluding hydrogens is 324 g/mol. The maximum Gasteiger partial charge on any atom is 0.191 e. The van der Waals surface area contributed by atoms with Crippen molar-refractivity contribution in [2.45, 2.75) is 91.1 Å². The lowest BCUT2D eigenvalue weighted by Gasteiger charge is -2.28. The highest BCUT2D eigenvalue weighted by molar-refractivity contribution is 5.80. The minimum atomic E-state index is 0.364. The summed E-state index contributed by atoms with van der Waals surface area (Å²) in [5.74, 6) is 3.44. The number of aryl methyl sites for hydroxylation is 1. The van der Waals surface area contributed by atoms with E-state index in [1.165, 1.54) is 32.1 Å². The summed E-state index contributed by atoms with van der Waals surface area (Å²) < 4.78 is 2.09. The molecule has 0 spiro atoms. The van der Waals surface area contributed by atoms with Crippen LogP contribution in [-0.2, 0) is 13.0 Å². The predicted octanol–water partition coefficient (Wildman–Crippen LogP) is 3.24. The van der Waals surface area contributed by atoms with Gasteiger partial charge in [0.05, 0.1) is 6.54 Å². The molecule has 0 aromatic carbocycles. The van der Waals surface area contributed by atoms with E-state index in [9.17, 15) is 0 Å². The Balaban J connectivity index is 1.63. The summed E-state index contributed by atoms with van der Waals surface area (Å²) in [6.07, 6.45) is 8.69. The Labute approximate surface area is 158 Å². The summed E-state index contributed by atoms with van der Waals surface area (Å²) in [5, 5.41) is 11.8. The Morgan fingerprint density at radius 2 is 2.08 bits per heavy atom. The average Bonchev–Trinajstić information content (AvgIpc) is 3.27. The zero-order valence-electron chi connectivity index (χ0n) is 17.0. The van der Waals surface area contributed by atoms with Crippen LogP contribution in [0.25, 0.3) is 0 Å². The van der Waals surface area contributed by atoms with Crippen LogP contribution in [0.1, 0.15) is 83.8 Å². The molecule has 1 aliphatic carbocycles. The van der Waals surface area contributed by atoms with Crippen LogP contribution in [0.3, 0.4) is 0 Å². The fourth-order valence-corrected chi connectivity index (χ4v) is 4.20. The van der Waals surface area contributed by atoms with E-state index >= 15 is 0 Å². The average molecular weight is 361 g/mol. The molecule has 2 aliphatic rings. The van der Waals surface area contributed by atoms with Crippen LogP contribution in [-0.4, -0.2) is 39.9 Å². The molecule has 1 aromatic rings. The van der Waals surface area contributed by atoms with E-state index in [2.05, 4.69) is 48.0 Å². The standard InChI is InChI=1S/C20H36N6/c1-5-20(11-7-8-12-20)14-22-19(21-6-2)23-16-9-10-17-24-18(15(3)4)25-26(17)13-16/h15-16H,5-14H2,1-4H3,(H2,21,22,23). The third kappa shape index (κ3) is 4.38. The lowest BCUT2D eigenvalue weighted by molar-refractivity contribution is 0.296. The molecule has 1 aromatic heterocycles. The molecule has 1 fully saturated rings. The number of nitrogens with one attached hydrogen (secondary N) is 2. The van der Waals surface area contributed by atoms with E-state index in [1.54, 1.807) is 0 Å². The van der Waals surface area contributed by atoms with E-state index in [4.69, 9.17) is 10.1 Å². The van der Waals surface area contributed by atoms with Crippen molar-refractivity contribution in [2.75, 3.05) is 13.1 Å².